The predicted octanol–water partition coefficient (Wildman–Crippen LogP) is 4.36. The Kier molecular flexibility index (Phi) is 7.16. The van der Waals surface area contributed by atoms with Gasteiger partial charge in [0.2, 0.25) is 0 Å². The summed E-state index contributed by atoms with van der Waals surface area (Å²) in [6.07, 6.45) is 3.49. The zero-order valence-corrected chi connectivity index (χ0v) is 14.7. The van der Waals surface area contributed by atoms with Crippen LogP contribution in [-0.2, 0) is 4.74 Å². The summed E-state index contributed by atoms with van der Waals surface area (Å²) in [4.78, 5) is 2.48. The summed E-state index contributed by atoms with van der Waals surface area (Å²) in [5.41, 5.74) is 0. The first-order valence-corrected chi connectivity index (χ1v) is 9.16. The van der Waals surface area contributed by atoms with Crippen molar-refractivity contribution in [3.63, 3.8) is 0 Å². The molecule has 1 aliphatic heterocycles. The van der Waals surface area contributed by atoms with Gasteiger partial charge in [0.25, 0.3) is 0 Å². The van der Waals surface area contributed by atoms with E-state index in [4.69, 9.17) is 14.2 Å². The molecule has 3 rings (SSSR count). The number of unbranched alkanes of at least 4 members (excludes halogenated alkanes) is 2. The van der Waals surface area contributed by atoms with E-state index in [2.05, 4.69) is 4.90 Å². The molecular weight excluding hydrogens is 314 g/mol. The highest BCUT2D eigenvalue weighted by atomic mass is 16.5. The van der Waals surface area contributed by atoms with Crippen molar-refractivity contribution in [1.29, 1.82) is 0 Å². The fourth-order valence-corrected chi connectivity index (χ4v) is 2.88. The maximum absolute atomic E-state index is 5.86. The maximum Gasteiger partial charge on any atom is 0.131 e. The maximum atomic E-state index is 5.86. The Balaban J connectivity index is 1.33. The van der Waals surface area contributed by atoms with Crippen LogP contribution >= 0.6 is 0 Å². The molecule has 0 spiro atoms. The lowest BCUT2D eigenvalue weighted by Crippen LogP contribution is -2.36. The minimum Gasteiger partial charge on any atom is -0.493 e. The van der Waals surface area contributed by atoms with Gasteiger partial charge in [-0.25, -0.2) is 0 Å². The fraction of sp³-hybridized carbons (Fsp3) is 0.429. The van der Waals surface area contributed by atoms with E-state index < -0.39 is 0 Å². The molecule has 0 aliphatic carbocycles. The molecule has 0 unspecified atom stereocenters. The molecule has 1 fully saturated rings. The molecule has 0 N–H and O–H groups in total. The highest BCUT2D eigenvalue weighted by molar-refractivity contribution is 5.36. The van der Waals surface area contributed by atoms with Gasteiger partial charge in [-0.05, 0) is 50.1 Å². The molecular formula is C21H27NO3. The standard InChI is InChI=1S/C21H27NO3/c1-3-8-19(9-4-1)25-21-11-7-10-20(18-21)24-15-6-2-5-12-22-13-16-23-17-14-22/h1,3-4,7-11,18H,2,5-6,12-17H2. The lowest BCUT2D eigenvalue weighted by Gasteiger charge is -2.26. The molecule has 1 heterocycles. The SMILES string of the molecule is c1ccc(Oc2cccc(OCCCCCN3CCOCC3)c2)cc1. The topological polar surface area (TPSA) is 30.9 Å². The van der Waals surface area contributed by atoms with Crippen LogP contribution in [0.5, 0.6) is 17.2 Å². The van der Waals surface area contributed by atoms with Crippen molar-refractivity contribution in [2.75, 3.05) is 39.5 Å². The van der Waals surface area contributed by atoms with Gasteiger partial charge in [-0.1, -0.05) is 24.3 Å². The average molecular weight is 341 g/mol. The summed E-state index contributed by atoms with van der Waals surface area (Å²) in [5, 5.41) is 0. The van der Waals surface area contributed by atoms with Crippen LogP contribution in [0.4, 0.5) is 0 Å². The Bertz CT molecular complexity index is 612. The zero-order valence-electron chi connectivity index (χ0n) is 14.7. The van der Waals surface area contributed by atoms with Crippen LogP contribution in [0.15, 0.2) is 54.6 Å². The van der Waals surface area contributed by atoms with Gasteiger partial charge in [-0.3, -0.25) is 4.90 Å². The third kappa shape index (κ3) is 6.40. The Morgan fingerprint density at radius 3 is 2.40 bits per heavy atom. The molecule has 0 amide bonds. The van der Waals surface area contributed by atoms with Crippen LogP contribution in [-0.4, -0.2) is 44.4 Å². The lowest BCUT2D eigenvalue weighted by molar-refractivity contribution is 0.0370. The average Bonchev–Trinajstić information content (AvgIpc) is 2.66. The smallest absolute Gasteiger partial charge is 0.131 e. The van der Waals surface area contributed by atoms with Gasteiger partial charge in [0, 0.05) is 19.2 Å². The molecule has 4 heteroatoms. The minimum absolute atomic E-state index is 0.748. The Morgan fingerprint density at radius 1 is 0.800 bits per heavy atom. The Labute approximate surface area is 150 Å². The molecule has 1 aliphatic rings. The summed E-state index contributed by atoms with van der Waals surface area (Å²) in [5.74, 6) is 2.50. The van der Waals surface area contributed by atoms with Gasteiger partial charge in [0.1, 0.15) is 17.2 Å². The number of morpholine rings is 1. The van der Waals surface area contributed by atoms with Gasteiger partial charge in [0.15, 0.2) is 0 Å². The first kappa shape index (κ1) is 17.8. The van der Waals surface area contributed by atoms with Gasteiger partial charge in [0.05, 0.1) is 19.8 Å². The number of para-hydroxylation sites is 1. The van der Waals surface area contributed by atoms with Crippen molar-refractivity contribution >= 4 is 0 Å². The van der Waals surface area contributed by atoms with E-state index in [1.54, 1.807) is 0 Å². The van der Waals surface area contributed by atoms with E-state index in [-0.39, 0.29) is 0 Å². The summed E-state index contributed by atoms with van der Waals surface area (Å²) < 4.78 is 17.1. The quantitative estimate of drug-likeness (QED) is 0.634. The molecule has 0 saturated carbocycles. The molecule has 0 aromatic heterocycles. The zero-order chi connectivity index (χ0) is 17.2. The van der Waals surface area contributed by atoms with Crippen LogP contribution in [0.2, 0.25) is 0 Å². The van der Waals surface area contributed by atoms with E-state index >= 15 is 0 Å². The largest absolute Gasteiger partial charge is 0.493 e. The number of nitrogens with zero attached hydrogens (tertiary/aromatic N) is 1. The molecule has 1 saturated heterocycles. The summed E-state index contributed by atoms with van der Waals surface area (Å²) in [7, 11) is 0. The number of rotatable bonds is 9. The van der Waals surface area contributed by atoms with Crippen molar-refractivity contribution in [2.45, 2.75) is 19.3 Å². The summed E-state index contributed by atoms with van der Waals surface area (Å²) in [6.45, 7) is 5.83. The normalized spacial score (nSPS) is 15.0. The van der Waals surface area contributed by atoms with E-state index in [0.29, 0.717) is 0 Å². The van der Waals surface area contributed by atoms with Crippen LogP contribution < -0.4 is 9.47 Å². The Hall–Kier alpha value is -2.04. The predicted molar refractivity (Wildman–Crippen MR) is 99.6 cm³/mol. The van der Waals surface area contributed by atoms with Crippen LogP contribution in [0, 0.1) is 0 Å². The summed E-state index contributed by atoms with van der Waals surface area (Å²) >= 11 is 0. The number of benzene rings is 2. The van der Waals surface area contributed by atoms with Crippen molar-refractivity contribution in [3.05, 3.63) is 54.6 Å². The molecule has 0 atom stereocenters. The van der Waals surface area contributed by atoms with Crippen LogP contribution in [0.25, 0.3) is 0 Å². The van der Waals surface area contributed by atoms with Gasteiger partial charge in [-0.15, -0.1) is 0 Å². The highest BCUT2D eigenvalue weighted by Crippen LogP contribution is 2.25. The second-order valence-corrected chi connectivity index (χ2v) is 6.25. The monoisotopic (exact) mass is 341 g/mol. The van der Waals surface area contributed by atoms with E-state index in [1.165, 1.54) is 19.4 Å². The molecule has 2 aromatic rings. The molecule has 0 radical (unpaired) electrons. The second-order valence-electron chi connectivity index (χ2n) is 6.25. The molecule has 25 heavy (non-hydrogen) atoms. The highest BCUT2D eigenvalue weighted by Gasteiger charge is 2.09. The van der Waals surface area contributed by atoms with Crippen LogP contribution in [0.1, 0.15) is 19.3 Å². The molecule has 2 aromatic carbocycles. The van der Waals surface area contributed by atoms with Crippen molar-refractivity contribution < 1.29 is 14.2 Å². The number of hydrogen-bond acceptors (Lipinski definition) is 4. The lowest BCUT2D eigenvalue weighted by atomic mass is 10.2. The van der Waals surface area contributed by atoms with Gasteiger partial charge >= 0.3 is 0 Å². The van der Waals surface area contributed by atoms with Crippen molar-refractivity contribution in [2.24, 2.45) is 0 Å². The summed E-state index contributed by atoms with van der Waals surface area (Å²) in [6, 6.07) is 17.6. The first-order chi connectivity index (χ1) is 12.4. The third-order valence-electron chi connectivity index (χ3n) is 4.28. The number of hydrogen-bond donors (Lipinski definition) is 0. The fourth-order valence-electron chi connectivity index (χ4n) is 2.88. The second kappa shape index (κ2) is 10.1. The third-order valence-corrected chi connectivity index (χ3v) is 4.28. The minimum atomic E-state index is 0.748. The van der Waals surface area contributed by atoms with Crippen LogP contribution in [0.3, 0.4) is 0 Å². The molecule has 4 nitrogen and oxygen atoms in total. The number of ether oxygens (including phenoxy) is 3. The van der Waals surface area contributed by atoms with Crippen molar-refractivity contribution in [1.82, 2.24) is 4.90 Å². The van der Waals surface area contributed by atoms with E-state index in [0.717, 1.165) is 56.6 Å². The van der Waals surface area contributed by atoms with E-state index in [1.807, 2.05) is 54.6 Å². The molecule has 0 bridgehead atoms. The van der Waals surface area contributed by atoms with Gasteiger partial charge in [-0.2, -0.15) is 0 Å². The first-order valence-electron chi connectivity index (χ1n) is 9.16. The van der Waals surface area contributed by atoms with E-state index in [9.17, 15) is 0 Å². The Morgan fingerprint density at radius 2 is 1.56 bits per heavy atom. The van der Waals surface area contributed by atoms with Gasteiger partial charge < -0.3 is 14.2 Å². The van der Waals surface area contributed by atoms with Crippen molar-refractivity contribution in [3.8, 4) is 17.2 Å². The molecule has 134 valence electrons.